The van der Waals surface area contributed by atoms with E-state index in [1.807, 2.05) is 0 Å². The Morgan fingerprint density at radius 1 is 1.22 bits per heavy atom. The molecule has 1 aromatic carbocycles. The summed E-state index contributed by atoms with van der Waals surface area (Å²) in [6.07, 6.45) is 1.15. The highest BCUT2D eigenvalue weighted by Crippen LogP contribution is 2.35. The van der Waals surface area contributed by atoms with Crippen LogP contribution in [0.2, 0.25) is 0 Å². The predicted octanol–water partition coefficient (Wildman–Crippen LogP) is 1.69. The van der Waals surface area contributed by atoms with E-state index in [1.54, 1.807) is 12.1 Å². The highest BCUT2D eigenvalue weighted by atomic mass is 32.2. The van der Waals surface area contributed by atoms with Gasteiger partial charge in [-0.05, 0) is 42.9 Å². The van der Waals surface area contributed by atoms with Gasteiger partial charge in [-0.1, -0.05) is 12.1 Å². The molecule has 0 aliphatic carbocycles. The fraction of sp³-hybridized carbons (Fsp3) is 0.625. The van der Waals surface area contributed by atoms with Gasteiger partial charge >= 0.3 is 0 Å². The smallest absolute Gasteiger partial charge is 0.215 e. The predicted molar refractivity (Wildman–Crippen MR) is 83.8 cm³/mol. The zero-order chi connectivity index (χ0) is 16.4. The van der Waals surface area contributed by atoms with Crippen LogP contribution in [0.3, 0.4) is 0 Å². The van der Waals surface area contributed by atoms with Crippen molar-refractivity contribution in [2.75, 3.05) is 25.5 Å². The molecule has 2 fully saturated rings. The van der Waals surface area contributed by atoms with E-state index in [0.29, 0.717) is 19.6 Å². The van der Waals surface area contributed by atoms with Crippen molar-refractivity contribution in [3.05, 3.63) is 35.6 Å². The molecule has 2 saturated heterocycles. The standard InChI is InChI=1S/C16H22FNO4S/c17-14-3-1-13(2-4-14)16-9-15(19)10-18(16)23(20,21)11-12-5-7-22-8-6-12/h1-4,12,15-16,19H,5-11H2/t15-,16+/m1/s1. The summed E-state index contributed by atoms with van der Waals surface area (Å²) in [6.45, 7) is 1.31. The molecule has 0 spiro atoms. The first kappa shape index (κ1) is 16.8. The maximum atomic E-state index is 13.1. The van der Waals surface area contributed by atoms with Gasteiger partial charge in [-0.15, -0.1) is 0 Å². The molecule has 0 unspecified atom stereocenters. The minimum absolute atomic E-state index is 0.0841. The molecular formula is C16H22FNO4S. The van der Waals surface area contributed by atoms with Crippen molar-refractivity contribution in [3.63, 3.8) is 0 Å². The van der Waals surface area contributed by atoms with Crippen molar-refractivity contribution in [1.82, 2.24) is 4.31 Å². The minimum Gasteiger partial charge on any atom is -0.392 e. The summed E-state index contributed by atoms with van der Waals surface area (Å²) >= 11 is 0. The lowest BCUT2D eigenvalue weighted by Gasteiger charge is -2.28. The van der Waals surface area contributed by atoms with E-state index >= 15 is 0 Å². The first-order valence-corrected chi connectivity index (χ1v) is 9.57. The first-order valence-electron chi connectivity index (χ1n) is 7.96. The third-order valence-corrected chi connectivity index (χ3v) is 6.64. The number of aliphatic hydroxyl groups is 1. The number of hydrogen-bond acceptors (Lipinski definition) is 4. The van der Waals surface area contributed by atoms with Gasteiger partial charge in [0.2, 0.25) is 10.0 Å². The van der Waals surface area contributed by atoms with Gasteiger partial charge in [0.05, 0.1) is 17.9 Å². The summed E-state index contributed by atoms with van der Waals surface area (Å²) in [6, 6.07) is 5.41. The Hall–Kier alpha value is -1.02. The third kappa shape index (κ3) is 3.91. The van der Waals surface area contributed by atoms with Gasteiger partial charge in [-0.2, -0.15) is 4.31 Å². The zero-order valence-electron chi connectivity index (χ0n) is 12.9. The number of hydrogen-bond donors (Lipinski definition) is 1. The summed E-state index contributed by atoms with van der Waals surface area (Å²) in [7, 11) is -3.48. The molecular weight excluding hydrogens is 321 g/mol. The molecule has 0 bridgehead atoms. The average Bonchev–Trinajstić information content (AvgIpc) is 2.91. The van der Waals surface area contributed by atoms with Crippen LogP contribution in [0, 0.1) is 11.7 Å². The van der Waals surface area contributed by atoms with E-state index in [-0.39, 0.29) is 24.0 Å². The van der Waals surface area contributed by atoms with E-state index in [9.17, 15) is 17.9 Å². The molecule has 7 heteroatoms. The van der Waals surface area contributed by atoms with E-state index in [4.69, 9.17) is 4.74 Å². The van der Waals surface area contributed by atoms with Crippen molar-refractivity contribution >= 4 is 10.0 Å². The van der Waals surface area contributed by atoms with Crippen molar-refractivity contribution in [2.24, 2.45) is 5.92 Å². The highest BCUT2D eigenvalue weighted by molar-refractivity contribution is 7.89. The Kier molecular flexibility index (Phi) is 5.01. The van der Waals surface area contributed by atoms with Gasteiger partial charge in [0.1, 0.15) is 5.82 Å². The highest BCUT2D eigenvalue weighted by Gasteiger charge is 2.40. The molecule has 2 heterocycles. The molecule has 5 nitrogen and oxygen atoms in total. The van der Waals surface area contributed by atoms with Gasteiger partial charge in [0.25, 0.3) is 0 Å². The molecule has 0 radical (unpaired) electrons. The molecule has 0 saturated carbocycles. The number of benzene rings is 1. The first-order chi connectivity index (χ1) is 11.0. The quantitative estimate of drug-likeness (QED) is 0.903. The molecule has 2 aliphatic heterocycles. The maximum Gasteiger partial charge on any atom is 0.215 e. The van der Waals surface area contributed by atoms with Gasteiger partial charge in [0, 0.05) is 19.8 Å². The number of ether oxygens (including phenoxy) is 1. The summed E-state index contributed by atoms with van der Waals surface area (Å²) in [5.41, 5.74) is 0.721. The largest absolute Gasteiger partial charge is 0.392 e. The summed E-state index contributed by atoms with van der Waals surface area (Å²) in [4.78, 5) is 0. The molecule has 1 N–H and O–H groups in total. The van der Waals surface area contributed by atoms with Crippen LogP contribution >= 0.6 is 0 Å². The second-order valence-corrected chi connectivity index (χ2v) is 8.33. The van der Waals surface area contributed by atoms with Gasteiger partial charge in [0.15, 0.2) is 0 Å². The molecule has 23 heavy (non-hydrogen) atoms. The number of sulfonamides is 1. The van der Waals surface area contributed by atoms with Crippen molar-refractivity contribution in [3.8, 4) is 0 Å². The van der Waals surface area contributed by atoms with Crippen molar-refractivity contribution in [1.29, 1.82) is 0 Å². The summed E-state index contributed by atoms with van der Waals surface area (Å²) in [5.74, 6) is -0.176. The van der Waals surface area contributed by atoms with Gasteiger partial charge in [-0.3, -0.25) is 0 Å². The Morgan fingerprint density at radius 3 is 2.52 bits per heavy atom. The van der Waals surface area contributed by atoms with E-state index in [1.165, 1.54) is 16.4 Å². The number of nitrogens with zero attached hydrogens (tertiary/aromatic N) is 1. The maximum absolute atomic E-state index is 13.1. The third-order valence-electron chi connectivity index (χ3n) is 4.63. The van der Waals surface area contributed by atoms with Crippen LogP contribution in [0.15, 0.2) is 24.3 Å². The molecule has 2 atom stereocenters. The summed E-state index contributed by atoms with van der Waals surface area (Å²) in [5, 5.41) is 9.95. The Balaban J connectivity index is 1.79. The van der Waals surface area contributed by atoms with Crippen LogP contribution < -0.4 is 0 Å². The summed E-state index contributed by atoms with van der Waals surface area (Å²) < 4.78 is 45.4. The lowest BCUT2D eigenvalue weighted by Crippen LogP contribution is -2.37. The van der Waals surface area contributed by atoms with Crippen LogP contribution in [0.25, 0.3) is 0 Å². The topological polar surface area (TPSA) is 66.8 Å². The van der Waals surface area contributed by atoms with Crippen LogP contribution in [-0.2, 0) is 14.8 Å². The number of aliphatic hydroxyl groups excluding tert-OH is 1. The molecule has 128 valence electrons. The molecule has 0 amide bonds. The van der Waals surface area contributed by atoms with Crippen LogP contribution in [0.5, 0.6) is 0 Å². The van der Waals surface area contributed by atoms with E-state index in [0.717, 1.165) is 18.4 Å². The normalized spacial score (nSPS) is 27.4. The second kappa shape index (κ2) is 6.84. The average molecular weight is 343 g/mol. The van der Waals surface area contributed by atoms with Crippen molar-refractivity contribution in [2.45, 2.75) is 31.4 Å². The zero-order valence-corrected chi connectivity index (χ0v) is 13.7. The minimum atomic E-state index is -3.48. The fourth-order valence-electron chi connectivity index (χ4n) is 3.39. The Morgan fingerprint density at radius 2 is 1.87 bits per heavy atom. The molecule has 2 aliphatic rings. The molecule has 3 rings (SSSR count). The lowest BCUT2D eigenvalue weighted by atomic mass is 10.0. The van der Waals surface area contributed by atoms with E-state index in [2.05, 4.69) is 0 Å². The SMILES string of the molecule is O=S(=O)(CC1CCOCC1)N1C[C@H](O)C[C@H]1c1ccc(F)cc1. The van der Waals surface area contributed by atoms with Gasteiger partial charge < -0.3 is 9.84 Å². The van der Waals surface area contributed by atoms with Crippen molar-refractivity contribution < 1.29 is 22.7 Å². The number of β-amino-alcohol motifs (C(OH)–C–C–N with tert-alkyl or cyclic N) is 1. The molecule has 0 aromatic heterocycles. The van der Waals surface area contributed by atoms with Crippen LogP contribution in [-0.4, -0.2) is 49.4 Å². The number of rotatable bonds is 4. The van der Waals surface area contributed by atoms with Gasteiger partial charge in [-0.25, -0.2) is 12.8 Å². The molecule has 1 aromatic rings. The van der Waals surface area contributed by atoms with Crippen LogP contribution in [0.1, 0.15) is 30.9 Å². The Bertz CT molecular complexity index is 628. The Labute approximate surface area is 136 Å². The monoisotopic (exact) mass is 343 g/mol. The lowest BCUT2D eigenvalue weighted by molar-refractivity contribution is 0.0720. The second-order valence-electron chi connectivity index (χ2n) is 6.36. The number of halogens is 1. The van der Waals surface area contributed by atoms with E-state index < -0.39 is 22.2 Å². The fourth-order valence-corrected chi connectivity index (χ4v) is 5.50. The van der Waals surface area contributed by atoms with Crippen LogP contribution in [0.4, 0.5) is 4.39 Å².